The van der Waals surface area contributed by atoms with Crippen LogP contribution in [0.2, 0.25) is 5.02 Å². The molecule has 0 unspecified atom stereocenters. The molecule has 2 rings (SSSR count). The number of amides is 1. The van der Waals surface area contributed by atoms with Crippen molar-refractivity contribution in [3.63, 3.8) is 0 Å². The van der Waals surface area contributed by atoms with Crippen molar-refractivity contribution in [2.24, 2.45) is 0 Å². The van der Waals surface area contributed by atoms with Gasteiger partial charge in [-0.1, -0.05) is 11.6 Å². The monoisotopic (exact) mass is 455 g/mol. The van der Waals surface area contributed by atoms with E-state index < -0.39 is 47.5 Å². The highest BCUT2D eigenvalue weighted by molar-refractivity contribution is 6.30. The summed E-state index contributed by atoms with van der Waals surface area (Å²) >= 11 is 5.76. The van der Waals surface area contributed by atoms with Gasteiger partial charge in [-0.15, -0.1) is 0 Å². The Bertz CT molecular complexity index is 895. The number of hydrogen-bond acceptors (Lipinski definition) is 3. The highest BCUT2D eigenvalue weighted by Gasteiger charge is 2.35. The normalized spacial score (nSPS) is 12.4. The molecule has 2 aromatic carbocycles. The third kappa shape index (κ3) is 6.72. The first-order valence-electron chi connectivity index (χ1n) is 8.34. The molecule has 0 aliphatic carbocycles. The van der Waals surface area contributed by atoms with E-state index in [1.807, 2.05) is 0 Å². The lowest BCUT2D eigenvalue weighted by Gasteiger charge is -2.26. The van der Waals surface area contributed by atoms with Gasteiger partial charge in [0, 0.05) is 5.02 Å². The van der Waals surface area contributed by atoms with Crippen LogP contribution < -0.4 is 14.8 Å². The van der Waals surface area contributed by atoms with Gasteiger partial charge in [-0.3, -0.25) is 4.79 Å². The number of hydrogen-bond donors (Lipinski definition) is 1. The molecular formula is C19H16ClF6NO3. The summed E-state index contributed by atoms with van der Waals surface area (Å²) in [5, 5.41) is 2.57. The minimum absolute atomic E-state index is 0.247. The van der Waals surface area contributed by atoms with E-state index in [0.29, 0.717) is 23.2 Å². The van der Waals surface area contributed by atoms with Crippen LogP contribution in [0.3, 0.4) is 0 Å². The maximum absolute atomic E-state index is 13.0. The van der Waals surface area contributed by atoms with Crippen LogP contribution in [-0.4, -0.2) is 24.3 Å². The molecule has 0 fully saturated rings. The van der Waals surface area contributed by atoms with Crippen molar-refractivity contribution in [3.8, 4) is 11.5 Å². The number of halogens is 7. The number of nitrogens with one attached hydrogen (secondary N) is 1. The Kier molecular flexibility index (Phi) is 6.80. The number of rotatable bonds is 6. The Hall–Kier alpha value is -2.62. The molecule has 0 saturated carbocycles. The van der Waals surface area contributed by atoms with Gasteiger partial charge in [-0.25, -0.2) is 0 Å². The number of carbonyl (C=O) groups excluding carboxylic acids is 1. The first kappa shape index (κ1) is 23.7. The average Bonchev–Trinajstić information content (AvgIpc) is 2.60. The zero-order valence-corrected chi connectivity index (χ0v) is 16.4. The molecule has 0 aliphatic heterocycles. The van der Waals surface area contributed by atoms with Gasteiger partial charge in [0.25, 0.3) is 5.91 Å². The number of alkyl halides is 6. The minimum Gasteiger partial charge on any atom is -0.482 e. The summed E-state index contributed by atoms with van der Waals surface area (Å²) in [5.74, 6) is -1.23. The number of anilines is 1. The molecular weight excluding hydrogens is 440 g/mol. The Morgan fingerprint density at radius 1 is 1.00 bits per heavy atom. The van der Waals surface area contributed by atoms with E-state index >= 15 is 0 Å². The Morgan fingerprint density at radius 3 is 2.13 bits per heavy atom. The zero-order chi connectivity index (χ0) is 22.7. The van der Waals surface area contributed by atoms with Gasteiger partial charge >= 0.3 is 12.4 Å². The Labute approximate surface area is 172 Å². The maximum atomic E-state index is 13.0. The quantitative estimate of drug-likeness (QED) is 0.536. The molecule has 0 aliphatic rings. The molecule has 0 bridgehead atoms. The van der Waals surface area contributed by atoms with E-state index in [1.165, 1.54) is 38.1 Å². The van der Waals surface area contributed by atoms with Gasteiger partial charge in [0.2, 0.25) is 0 Å². The fourth-order valence-electron chi connectivity index (χ4n) is 2.21. The third-order valence-corrected chi connectivity index (χ3v) is 3.93. The lowest BCUT2D eigenvalue weighted by Crippen LogP contribution is -2.42. The van der Waals surface area contributed by atoms with Crippen LogP contribution in [0, 0.1) is 0 Å². The first-order chi connectivity index (χ1) is 13.7. The van der Waals surface area contributed by atoms with E-state index in [-0.39, 0.29) is 5.75 Å². The van der Waals surface area contributed by atoms with Crippen LogP contribution in [0.25, 0.3) is 0 Å². The highest BCUT2D eigenvalue weighted by Crippen LogP contribution is 2.36. The van der Waals surface area contributed by atoms with Gasteiger partial charge in [0.1, 0.15) is 11.5 Å². The van der Waals surface area contributed by atoms with Crippen molar-refractivity contribution >= 4 is 23.2 Å². The van der Waals surface area contributed by atoms with Crippen molar-refractivity contribution in [3.05, 3.63) is 53.1 Å². The fourth-order valence-corrected chi connectivity index (χ4v) is 2.33. The molecule has 0 aromatic heterocycles. The molecule has 0 saturated heterocycles. The smallest absolute Gasteiger partial charge is 0.422 e. The molecule has 0 spiro atoms. The lowest BCUT2D eigenvalue weighted by atomic mass is 10.1. The molecule has 0 heterocycles. The molecule has 2 aromatic rings. The van der Waals surface area contributed by atoms with Crippen LogP contribution in [-0.2, 0) is 11.0 Å². The second-order valence-electron chi connectivity index (χ2n) is 6.63. The Balaban J connectivity index is 2.28. The summed E-state index contributed by atoms with van der Waals surface area (Å²) in [6.45, 7) is 0.924. The molecule has 1 N–H and O–H groups in total. The van der Waals surface area contributed by atoms with E-state index in [9.17, 15) is 31.1 Å². The SMILES string of the molecule is CC(C)(Oc1ccc(Cl)cc1)C(=O)Nc1cc(C(F)(F)F)ccc1OCC(F)(F)F. The summed E-state index contributed by atoms with van der Waals surface area (Å²) < 4.78 is 86.4. The topological polar surface area (TPSA) is 47.6 Å². The van der Waals surface area contributed by atoms with E-state index in [4.69, 9.17) is 16.3 Å². The van der Waals surface area contributed by atoms with E-state index in [1.54, 1.807) is 0 Å². The maximum Gasteiger partial charge on any atom is 0.422 e. The van der Waals surface area contributed by atoms with Gasteiger partial charge in [-0.2, -0.15) is 26.3 Å². The fraction of sp³-hybridized carbons (Fsp3) is 0.316. The van der Waals surface area contributed by atoms with Crippen molar-refractivity contribution < 1.29 is 40.6 Å². The highest BCUT2D eigenvalue weighted by atomic mass is 35.5. The van der Waals surface area contributed by atoms with Gasteiger partial charge < -0.3 is 14.8 Å². The number of ether oxygens (including phenoxy) is 2. The van der Waals surface area contributed by atoms with Crippen LogP contribution in [0.4, 0.5) is 32.0 Å². The first-order valence-corrected chi connectivity index (χ1v) is 8.72. The van der Waals surface area contributed by atoms with Crippen molar-refractivity contribution in [1.29, 1.82) is 0 Å². The summed E-state index contributed by atoms with van der Waals surface area (Å²) in [4.78, 5) is 12.6. The third-order valence-electron chi connectivity index (χ3n) is 3.68. The zero-order valence-electron chi connectivity index (χ0n) is 15.6. The molecule has 0 atom stereocenters. The molecule has 30 heavy (non-hydrogen) atoms. The summed E-state index contributed by atoms with van der Waals surface area (Å²) in [6.07, 6.45) is -9.50. The van der Waals surface area contributed by atoms with Crippen molar-refractivity contribution in [2.75, 3.05) is 11.9 Å². The standard InChI is InChI=1S/C19H16ClF6NO3/c1-17(2,30-13-6-4-12(20)5-7-13)16(28)27-14-9-11(19(24,25)26)3-8-15(14)29-10-18(21,22)23/h3-9H,10H2,1-2H3,(H,27,28). The predicted molar refractivity (Wildman–Crippen MR) is 97.8 cm³/mol. The molecule has 4 nitrogen and oxygen atoms in total. The van der Waals surface area contributed by atoms with Crippen LogP contribution in [0.5, 0.6) is 11.5 Å². The summed E-state index contributed by atoms with van der Waals surface area (Å²) in [7, 11) is 0. The molecule has 164 valence electrons. The number of benzene rings is 2. The predicted octanol–water partition coefficient (Wildman–Crippen LogP) is 6.10. The Morgan fingerprint density at radius 2 is 1.60 bits per heavy atom. The summed E-state index contributed by atoms with van der Waals surface area (Å²) in [6, 6.07) is 7.69. The number of carbonyl (C=O) groups is 1. The van der Waals surface area contributed by atoms with Crippen molar-refractivity contribution in [2.45, 2.75) is 31.8 Å². The van der Waals surface area contributed by atoms with Crippen LogP contribution in [0.1, 0.15) is 19.4 Å². The average molecular weight is 456 g/mol. The van der Waals surface area contributed by atoms with E-state index in [2.05, 4.69) is 10.1 Å². The van der Waals surface area contributed by atoms with Crippen LogP contribution in [0.15, 0.2) is 42.5 Å². The molecule has 1 amide bonds. The van der Waals surface area contributed by atoms with E-state index in [0.717, 1.165) is 0 Å². The molecule has 11 heteroatoms. The van der Waals surface area contributed by atoms with Gasteiger partial charge in [0.05, 0.1) is 11.3 Å². The largest absolute Gasteiger partial charge is 0.482 e. The van der Waals surface area contributed by atoms with Gasteiger partial charge in [0.15, 0.2) is 12.2 Å². The van der Waals surface area contributed by atoms with Gasteiger partial charge in [-0.05, 0) is 56.3 Å². The summed E-state index contributed by atoms with van der Waals surface area (Å²) in [5.41, 5.74) is -3.34. The lowest BCUT2D eigenvalue weighted by molar-refractivity contribution is -0.153. The second-order valence-corrected chi connectivity index (χ2v) is 7.07. The van der Waals surface area contributed by atoms with Crippen LogP contribution >= 0.6 is 11.6 Å². The molecule has 0 radical (unpaired) electrons. The second kappa shape index (κ2) is 8.63. The van der Waals surface area contributed by atoms with Crippen molar-refractivity contribution in [1.82, 2.24) is 0 Å². The minimum atomic E-state index is -4.78.